The highest BCUT2D eigenvalue weighted by Crippen LogP contribution is 2.44. The molecule has 0 saturated carbocycles. The minimum atomic E-state index is -0.272. The first-order valence-electron chi connectivity index (χ1n) is 11.3. The van der Waals surface area contributed by atoms with Crippen molar-refractivity contribution < 1.29 is 9.18 Å². The van der Waals surface area contributed by atoms with Crippen LogP contribution in [-0.2, 0) is 25.9 Å². The molecule has 1 atom stereocenters. The van der Waals surface area contributed by atoms with Gasteiger partial charge in [-0.15, -0.1) is 22.7 Å². The van der Waals surface area contributed by atoms with Crippen LogP contribution in [0.1, 0.15) is 51.0 Å². The summed E-state index contributed by atoms with van der Waals surface area (Å²) in [6.07, 6.45) is 6.81. The van der Waals surface area contributed by atoms with E-state index in [1.165, 1.54) is 46.0 Å². The monoisotopic (exact) mass is 477 g/mol. The van der Waals surface area contributed by atoms with Crippen molar-refractivity contribution in [1.29, 1.82) is 0 Å². The number of hydrogen-bond donors (Lipinski definition) is 1. The fourth-order valence-corrected chi connectivity index (χ4v) is 7.27. The maximum Gasteiger partial charge on any atom is 0.318 e. The first kappa shape index (κ1) is 20.7. The molecule has 1 aromatic carbocycles. The Morgan fingerprint density at radius 1 is 1.06 bits per heavy atom. The molecule has 0 spiro atoms. The molecule has 2 aliphatic rings. The van der Waals surface area contributed by atoms with E-state index in [1.54, 1.807) is 23.5 Å². The molecule has 6 rings (SSSR count). The lowest BCUT2D eigenvalue weighted by atomic mass is 9.95. The van der Waals surface area contributed by atoms with Crippen LogP contribution < -0.4 is 5.32 Å². The summed E-state index contributed by atoms with van der Waals surface area (Å²) in [5, 5.41) is 6.43. The number of fused-ring (bicyclic) bond motifs is 5. The molecule has 1 aliphatic heterocycles. The molecule has 0 fully saturated rings. The fourth-order valence-electron chi connectivity index (χ4n) is 5.01. The molecule has 4 heterocycles. The third kappa shape index (κ3) is 3.69. The van der Waals surface area contributed by atoms with Gasteiger partial charge >= 0.3 is 6.03 Å². The van der Waals surface area contributed by atoms with Gasteiger partial charge in [0.25, 0.3) is 0 Å². The summed E-state index contributed by atoms with van der Waals surface area (Å²) in [6, 6.07) is 14.4. The van der Waals surface area contributed by atoms with Crippen molar-refractivity contribution in [1.82, 2.24) is 14.8 Å². The highest BCUT2D eigenvalue weighted by atomic mass is 32.1. The molecule has 1 N–H and O–H groups in total. The van der Waals surface area contributed by atoms with Crippen LogP contribution in [0.3, 0.4) is 0 Å². The minimum absolute atomic E-state index is 0.103. The summed E-state index contributed by atoms with van der Waals surface area (Å²) in [6.45, 7) is 0.947. The Labute approximate surface area is 200 Å². The number of rotatable bonds is 3. The van der Waals surface area contributed by atoms with Gasteiger partial charge < -0.3 is 14.8 Å². The van der Waals surface area contributed by atoms with E-state index in [4.69, 9.17) is 0 Å². The van der Waals surface area contributed by atoms with Crippen molar-refractivity contribution in [2.45, 2.75) is 44.8 Å². The van der Waals surface area contributed by atoms with Gasteiger partial charge in [-0.1, -0.05) is 18.2 Å². The molecule has 0 unspecified atom stereocenters. The summed E-state index contributed by atoms with van der Waals surface area (Å²) in [4.78, 5) is 18.3. The van der Waals surface area contributed by atoms with Crippen molar-refractivity contribution in [2.75, 3.05) is 0 Å². The smallest absolute Gasteiger partial charge is 0.318 e. The standard InChI is InChI=1S/C26H24FN3OS2/c27-18-11-9-17(10-12-18)15-28-26(31)30-16-20-19-5-1-2-7-22(19)33-25(20)29-13-3-6-21(29)24(30)23-8-4-14-32-23/h3-4,6,8-14,24H,1-2,5,7,15-16H2,(H,28,31)/t24-/m0/s1. The number of carbonyl (C=O) groups excluding carboxylic acids is 1. The van der Waals surface area contributed by atoms with Gasteiger partial charge in [-0.05, 0) is 72.5 Å². The molecule has 3 aromatic heterocycles. The summed E-state index contributed by atoms with van der Waals surface area (Å²) >= 11 is 3.58. The zero-order valence-electron chi connectivity index (χ0n) is 18.1. The van der Waals surface area contributed by atoms with Gasteiger partial charge in [-0.2, -0.15) is 0 Å². The van der Waals surface area contributed by atoms with Crippen molar-refractivity contribution in [3.05, 3.63) is 98.1 Å². The Morgan fingerprint density at radius 3 is 2.73 bits per heavy atom. The Hall–Kier alpha value is -2.90. The van der Waals surface area contributed by atoms with Gasteiger partial charge in [-0.25, -0.2) is 9.18 Å². The lowest BCUT2D eigenvalue weighted by molar-refractivity contribution is 0.181. The molecular weight excluding hydrogens is 453 g/mol. The van der Waals surface area contributed by atoms with Gasteiger partial charge in [-0.3, -0.25) is 0 Å². The maximum atomic E-state index is 13.7. The maximum absolute atomic E-state index is 13.7. The second kappa shape index (κ2) is 8.47. The molecule has 0 bridgehead atoms. The highest BCUT2D eigenvalue weighted by Gasteiger charge is 2.36. The van der Waals surface area contributed by atoms with Crippen LogP contribution in [0.2, 0.25) is 0 Å². The van der Waals surface area contributed by atoms with E-state index in [2.05, 4.69) is 39.7 Å². The van der Waals surface area contributed by atoms with E-state index in [1.807, 2.05) is 22.3 Å². The number of hydrogen-bond acceptors (Lipinski definition) is 3. The number of urea groups is 1. The second-order valence-corrected chi connectivity index (χ2v) is 10.7. The van der Waals surface area contributed by atoms with Crippen molar-refractivity contribution in [3.63, 3.8) is 0 Å². The van der Waals surface area contributed by atoms with Crippen LogP contribution in [0.25, 0.3) is 5.00 Å². The number of aromatic nitrogens is 1. The number of aryl methyl sites for hydroxylation is 1. The first-order valence-corrected chi connectivity index (χ1v) is 13.0. The first-order chi connectivity index (χ1) is 16.2. The number of nitrogens with zero attached hydrogens (tertiary/aromatic N) is 2. The summed E-state index contributed by atoms with van der Waals surface area (Å²) < 4.78 is 15.6. The zero-order valence-corrected chi connectivity index (χ0v) is 19.7. The van der Waals surface area contributed by atoms with E-state index < -0.39 is 0 Å². The fraction of sp³-hybridized carbons (Fsp3) is 0.269. The average molecular weight is 478 g/mol. The topological polar surface area (TPSA) is 37.3 Å². The Morgan fingerprint density at radius 2 is 1.91 bits per heavy atom. The molecule has 0 radical (unpaired) electrons. The molecule has 168 valence electrons. The van der Waals surface area contributed by atoms with E-state index in [-0.39, 0.29) is 17.9 Å². The zero-order chi connectivity index (χ0) is 22.4. The van der Waals surface area contributed by atoms with E-state index in [9.17, 15) is 9.18 Å². The predicted molar refractivity (Wildman–Crippen MR) is 131 cm³/mol. The lowest BCUT2D eigenvalue weighted by Gasteiger charge is -2.30. The lowest BCUT2D eigenvalue weighted by Crippen LogP contribution is -2.41. The molecule has 33 heavy (non-hydrogen) atoms. The van der Waals surface area contributed by atoms with Crippen LogP contribution >= 0.6 is 22.7 Å². The van der Waals surface area contributed by atoms with Crippen LogP contribution in [-0.4, -0.2) is 15.5 Å². The third-order valence-corrected chi connectivity index (χ3v) is 8.87. The van der Waals surface area contributed by atoms with Crippen molar-refractivity contribution in [3.8, 4) is 5.00 Å². The SMILES string of the molecule is O=C(NCc1ccc(F)cc1)N1Cc2c(sc3c2CCCC3)-n2cccc2[C@H]1c1cccs1. The molecule has 4 aromatic rings. The minimum Gasteiger partial charge on any atom is -0.334 e. The molecule has 0 saturated heterocycles. The summed E-state index contributed by atoms with van der Waals surface area (Å²) in [7, 11) is 0. The Bertz CT molecular complexity index is 1290. The predicted octanol–water partition coefficient (Wildman–Crippen LogP) is 6.43. The summed E-state index contributed by atoms with van der Waals surface area (Å²) in [5.74, 6) is -0.272. The second-order valence-electron chi connectivity index (χ2n) is 8.63. The van der Waals surface area contributed by atoms with Gasteiger partial charge in [0.2, 0.25) is 0 Å². The number of carbonyl (C=O) groups is 1. The summed E-state index contributed by atoms with van der Waals surface area (Å²) in [5.41, 5.74) is 4.74. The van der Waals surface area contributed by atoms with E-state index in [0.717, 1.165) is 29.0 Å². The van der Waals surface area contributed by atoms with Gasteiger partial charge in [0.05, 0.1) is 12.2 Å². The number of amides is 2. The van der Waals surface area contributed by atoms with Crippen molar-refractivity contribution >= 4 is 28.7 Å². The molecule has 7 heteroatoms. The van der Waals surface area contributed by atoms with Gasteiger partial charge in [0, 0.05) is 28.1 Å². The third-order valence-electron chi connectivity index (χ3n) is 6.61. The Balaban J connectivity index is 1.41. The molecule has 4 nitrogen and oxygen atoms in total. The largest absolute Gasteiger partial charge is 0.334 e. The van der Waals surface area contributed by atoms with Crippen LogP contribution in [0.4, 0.5) is 9.18 Å². The molecular formula is C26H24FN3OS2. The Kier molecular flexibility index (Phi) is 5.31. The average Bonchev–Trinajstić information content (AvgIpc) is 3.58. The van der Waals surface area contributed by atoms with Gasteiger partial charge in [0.15, 0.2) is 0 Å². The van der Waals surface area contributed by atoms with E-state index in [0.29, 0.717) is 13.1 Å². The van der Waals surface area contributed by atoms with Crippen molar-refractivity contribution in [2.24, 2.45) is 0 Å². The molecule has 1 aliphatic carbocycles. The number of nitrogens with one attached hydrogen (secondary N) is 1. The van der Waals surface area contributed by atoms with Crippen LogP contribution in [0.5, 0.6) is 0 Å². The van der Waals surface area contributed by atoms with E-state index >= 15 is 0 Å². The normalized spacial score (nSPS) is 17.1. The van der Waals surface area contributed by atoms with Crippen LogP contribution in [0, 0.1) is 5.82 Å². The quantitative estimate of drug-likeness (QED) is 0.363. The van der Waals surface area contributed by atoms with Crippen LogP contribution in [0.15, 0.2) is 60.1 Å². The number of thiophene rings is 2. The number of halogens is 1. The highest BCUT2D eigenvalue weighted by molar-refractivity contribution is 7.15. The molecule has 2 amide bonds. The number of benzene rings is 1. The van der Waals surface area contributed by atoms with Gasteiger partial charge in [0.1, 0.15) is 16.9 Å².